The highest BCUT2D eigenvalue weighted by molar-refractivity contribution is 7.91. The van der Waals surface area contributed by atoms with Gasteiger partial charge >= 0.3 is 6.18 Å². The van der Waals surface area contributed by atoms with Crippen LogP contribution in [0.25, 0.3) is 5.65 Å². The number of aryl methyl sites for hydroxylation is 1. The fourth-order valence-electron chi connectivity index (χ4n) is 3.73. The molecule has 162 valence electrons. The summed E-state index contributed by atoms with van der Waals surface area (Å²) in [6.45, 7) is 4.04. The minimum atomic E-state index is -4.67. The standard InChI is InChI=1S/C17H20F3N7O2S/c1-10-13(11(2)26(23-10)12-6-7-30(28,29)9-12)8-25(3)15-5-4-14-21-22-16(17(18,19)20)27(14)24-15/h4-5,12H,6-9H2,1-3H3. The minimum Gasteiger partial charge on any atom is -0.354 e. The largest absolute Gasteiger partial charge is 0.453 e. The summed E-state index contributed by atoms with van der Waals surface area (Å²) in [6, 6.07) is 2.80. The normalized spacial score (nSPS) is 18.9. The summed E-state index contributed by atoms with van der Waals surface area (Å²) in [5.74, 6) is -0.662. The van der Waals surface area contributed by atoms with Crippen LogP contribution in [-0.2, 0) is 22.6 Å². The number of hydrogen-bond donors (Lipinski definition) is 0. The van der Waals surface area contributed by atoms with Gasteiger partial charge in [-0.05, 0) is 32.4 Å². The van der Waals surface area contributed by atoms with Gasteiger partial charge in [-0.25, -0.2) is 8.42 Å². The molecule has 1 atom stereocenters. The summed E-state index contributed by atoms with van der Waals surface area (Å²) in [5, 5.41) is 15.3. The number of aromatic nitrogens is 6. The van der Waals surface area contributed by atoms with E-state index in [4.69, 9.17) is 0 Å². The van der Waals surface area contributed by atoms with E-state index < -0.39 is 21.8 Å². The molecule has 3 aromatic rings. The van der Waals surface area contributed by atoms with Crippen molar-refractivity contribution < 1.29 is 21.6 Å². The maximum absolute atomic E-state index is 13.1. The summed E-state index contributed by atoms with van der Waals surface area (Å²) in [4.78, 5) is 1.70. The third-order valence-corrected chi connectivity index (χ3v) is 7.07. The first-order valence-corrected chi connectivity index (χ1v) is 11.0. The van der Waals surface area contributed by atoms with Gasteiger partial charge in [0.15, 0.2) is 15.5 Å². The van der Waals surface area contributed by atoms with E-state index in [1.54, 1.807) is 22.7 Å². The number of nitrogens with zero attached hydrogens (tertiary/aromatic N) is 7. The van der Waals surface area contributed by atoms with Crippen molar-refractivity contribution in [2.75, 3.05) is 23.5 Å². The molecule has 0 aromatic carbocycles. The van der Waals surface area contributed by atoms with Crippen LogP contribution in [0.1, 0.15) is 35.2 Å². The first-order valence-electron chi connectivity index (χ1n) is 9.22. The molecule has 0 amide bonds. The molecule has 9 nitrogen and oxygen atoms in total. The van der Waals surface area contributed by atoms with Crippen LogP contribution in [0.5, 0.6) is 0 Å². The number of fused-ring (bicyclic) bond motifs is 1. The number of alkyl halides is 3. The number of halogens is 3. The van der Waals surface area contributed by atoms with Gasteiger partial charge in [-0.1, -0.05) is 0 Å². The van der Waals surface area contributed by atoms with Crippen LogP contribution in [-0.4, -0.2) is 56.6 Å². The second-order valence-corrected chi connectivity index (χ2v) is 9.72. The van der Waals surface area contributed by atoms with E-state index in [9.17, 15) is 21.6 Å². The van der Waals surface area contributed by atoms with E-state index in [2.05, 4.69) is 20.4 Å². The molecular formula is C17H20F3N7O2S. The van der Waals surface area contributed by atoms with Crippen LogP contribution in [0, 0.1) is 13.8 Å². The van der Waals surface area contributed by atoms with Crippen molar-refractivity contribution in [2.24, 2.45) is 0 Å². The van der Waals surface area contributed by atoms with Gasteiger partial charge in [-0.2, -0.15) is 22.8 Å². The van der Waals surface area contributed by atoms with Crippen molar-refractivity contribution in [2.45, 2.75) is 39.0 Å². The Labute approximate surface area is 170 Å². The Morgan fingerprint density at radius 3 is 2.57 bits per heavy atom. The first kappa shape index (κ1) is 20.6. The average molecular weight is 443 g/mol. The van der Waals surface area contributed by atoms with Gasteiger partial charge in [0, 0.05) is 24.8 Å². The van der Waals surface area contributed by atoms with Crippen molar-refractivity contribution in [3.8, 4) is 0 Å². The SMILES string of the molecule is Cc1nn(C2CCS(=O)(=O)C2)c(C)c1CN(C)c1ccc2nnc(C(F)(F)F)n2n1. The summed E-state index contributed by atoms with van der Waals surface area (Å²) >= 11 is 0. The second kappa shape index (κ2) is 6.93. The van der Waals surface area contributed by atoms with Crippen LogP contribution < -0.4 is 4.90 Å². The lowest BCUT2D eigenvalue weighted by molar-refractivity contribution is -0.146. The Morgan fingerprint density at radius 1 is 1.20 bits per heavy atom. The van der Waals surface area contributed by atoms with Gasteiger partial charge in [0.25, 0.3) is 5.82 Å². The van der Waals surface area contributed by atoms with Crippen molar-refractivity contribution in [1.29, 1.82) is 0 Å². The molecule has 0 bridgehead atoms. The molecule has 0 saturated carbocycles. The number of rotatable bonds is 4. The Hall–Kier alpha value is -2.70. The molecule has 1 unspecified atom stereocenters. The highest BCUT2D eigenvalue weighted by Gasteiger charge is 2.38. The van der Waals surface area contributed by atoms with Crippen LogP contribution >= 0.6 is 0 Å². The molecule has 1 aliphatic heterocycles. The molecule has 4 rings (SSSR count). The molecule has 3 aromatic heterocycles. The van der Waals surface area contributed by atoms with E-state index >= 15 is 0 Å². The Balaban J connectivity index is 1.62. The Morgan fingerprint density at radius 2 is 1.93 bits per heavy atom. The lowest BCUT2D eigenvalue weighted by Crippen LogP contribution is -2.21. The molecule has 1 saturated heterocycles. The van der Waals surface area contributed by atoms with Gasteiger partial charge in [-0.3, -0.25) is 4.68 Å². The fraction of sp³-hybridized carbons (Fsp3) is 0.529. The highest BCUT2D eigenvalue weighted by atomic mass is 32.2. The van der Waals surface area contributed by atoms with E-state index in [1.165, 1.54) is 6.07 Å². The zero-order valence-corrected chi connectivity index (χ0v) is 17.4. The first-order chi connectivity index (χ1) is 14.0. The van der Waals surface area contributed by atoms with E-state index in [1.807, 2.05) is 13.8 Å². The number of hydrogen-bond acceptors (Lipinski definition) is 7. The number of anilines is 1. The van der Waals surface area contributed by atoms with Crippen molar-refractivity contribution in [3.63, 3.8) is 0 Å². The Bertz CT molecular complexity index is 1220. The van der Waals surface area contributed by atoms with Gasteiger partial charge in [0.05, 0.1) is 23.2 Å². The molecule has 0 N–H and O–H groups in total. The van der Waals surface area contributed by atoms with E-state index in [-0.39, 0.29) is 23.2 Å². The Kier molecular flexibility index (Phi) is 4.75. The summed E-state index contributed by atoms with van der Waals surface area (Å²) in [5.41, 5.74) is 2.46. The number of sulfone groups is 1. The minimum absolute atomic E-state index is 0.00194. The third kappa shape index (κ3) is 3.61. The predicted molar refractivity (Wildman–Crippen MR) is 102 cm³/mol. The molecule has 0 radical (unpaired) electrons. The van der Waals surface area contributed by atoms with Gasteiger partial charge < -0.3 is 4.90 Å². The van der Waals surface area contributed by atoms with Gasteiger partial charge in [-0.15, -0.1) is 15.3 Å². The average Bonchev–Trinajstić information content (AvgIpc) is 3.31. The molecule has 0 aliphatic carbocycles. The van der Waals surface area contributed by atoms with Crippen LogP contribution in [0.15, 0.2) is 12.1 Å². The highest BCUT2D eigenvalue weighted by Crippen LogP contribution is 2.29. The molecule has 1 fully saturated rings. The maximum atomic E-state index is 13.1. The molecule has 1 aliphatic rings. The summed E-state index contributed by atoms with van der Waals surface area (Å²) in [6.07, 6.45) is -4.15. The second-order valence-electron chi connectivity index (χ2n) is 7.49. The molecule has 30 heavy (non-hydrogen) atoms. The maximum Gasteiger partial charge on any atom is 0.453 e. The fourth-order valence-corrected chi connectivity index (χ4v) is 5.42. The smallest absolute Gasteiger partial charge is 0.354 e. The van der Waals surface area contributed by atoms with Crippen LogP contribution in [0.3, 0.4) is 0 Å². The van der Waals surface area contributed by atoms with E-state index in [0.29, 0.717) is 23.3 Å². The topological polar surface area (TPSA) is 98.3 Å². The van der Waals surface area contributed by atoms with Crippen molar-refractivity contribution in [3.05, 3.63) is 34.9 Å². The third-order valence-electron chi connectivity index (χ3n) is 5.32. The quantitative estimate of drug-likeness (QED) is 0.608. The molecule has 0 spiro atoms. The molecular weight excluding hydrogens is 423 g/mol. The predicted octanol–water partition coefficient (Wildman–Crippen LogP) is 1.95. The van der Waals surface area contributed by atoms with Crippen LogP contribution in [0.4, 0.5) is 19.0 Å². The van der Waals surface area contributed by atoms with Gasteiger partial charge in [0.1, 0.15) is 5.82 Å². The van der Waals surface area contributed by atoms with Crippen LogP contribution in [0.2, 0.25) is 0 Å². The van der Waals surface area contributed by atoms with E-state index in [0.717, 1.165) is 17.0 Å². The zero-order valence-electron chi connectivity index (χ0n) is 16.5. The van der Waals surface area contributed by atoms with Gasteiger partial charge in [0.2, 0.25) is 0 Å². The monoisotopic (exact) mass is 443 g/mol. The summed E-state index contributed by atoms with van der Waals surface area (Å²) < 4.78 is 65.4. The van der Waals surface area contributed by atoms with Crippen molar-refractivity contribution in [1.82, 2.24) is 29.6 Å². The molecule has 4 heterocycles. The molecule has 13 heteroatoms. The summed E-state index contributed by atoms with van der Waals surface area (Å²) in [7, 11) is -1.34. The lowest BCUT2D eigenvalue weighted by atomic mass is 10.1. The van der Waals surface area contributed by atoms with Crippen molar-refractivity contribution >= 4 is 21.3 Å². The zero-order chi connectivity index (χ0) is 21.8. The lowest BCUT2D eigenvalue weighted by Gasteiger charge is -2.19.